The third-order valence-electron chi connectivity index (χ3n) is 2.64. The number of hydrogen-bond donors (Lipinski definition) is 1. The number of fused-ring (bicyclic) bond motifs is 1. The highest BCUT2D eigenvalue weighted by atomic mass is 16.5. The highest BCUT2D eigenvalue weighted by Gasteiger charge is 2.14. The second-order valence-corrected chi connectivity index (χ2v) is 3.96. The fraction of sp³-hybridized carbons (Fsp3) is 0.182. The van der Waals surface area contributed by atoms with E-state index in [1.165, 1.54) is 10.7 Å². The third-order valence-corrected chi connectivity index (χ3v) is 2.64. The zero-order valence-electron chi connectivity index (χ0n) is 9.94. The molecule has 0 unspecified atom stereocenters. The quantitative estimate of drug-likeness (QED) is 0.743. The summed E-state index contributed by atoms with van der Waals surface area (Å²) in [7, 11) is 0. The number of benzene rings is 1. The monoisotopic (exact) mass is 259 g/mol. The molecule has 2 aromatic heterocycles. The Kier molecular flexibility index (Phi) is 2.48. The van der Waals surface area contributed by atoms with Gasteiger partial charge in [-0.1, -0.05) is 16.4 Å². The SMILES string of the molecule is Cc1nc(Cn2nnc3c(C(=O)O)cccc32)no1. The number of aromatic nitrogens is 5. The maximum atomic E-state index is 11.1. The van der Waals surface area contributed by atoms with Gasteiger partial charge in [-0.2, -0.15) is 4.98 Å². The Morgan fingerprint density at radius 3 is 3.00 bits per heavy atom. The van der Waals surface area contributed by atoms with E-state index in [0.717, 1.165) is 0 Å². The van der Waals surface area contributed by atoms with E-state index in [2.05, 4.69) is 20.5 Å². The van der Waals surface area contributed by atoms with Crippen LogP contribution in [0.5, 0.6) is 0 Å². The lowest BCUT2D eigenvalue weighted by molar-refractivity contribution is 0.0699. The van der Waals surface area contributed by atoms with Crippen LogP contribution < -0.4 is 0 Å². The first kappa shape index (κ1) is 11.3. The molecule has 2 heterocycles. The molecule has 3 aromatic rings. The molecule has 8 heteroatoms. The number of carboxylic acids is 1. The van der Waals surface area contributed by atoms with Crippen molar-refractivity contribution >= 4 is 17.0 Å². The van der Waals surface area contributed by atoms with E-state index in [9.17, 15) is 4.79 Å². The number of aryl methyl sites for hydroxylation is 1. The highest BCUT2D eigenvalue weighted by Crippen LogP contribution is 2.16. The van der Waals surface area contributed by atoms with Crippen molar-refractivity contribution < 1.29 is 14.4 Å². The van der Waals surface area contributed by atoms with Crippen molar-refractivity contribution in [3.63, 3.8) is 0 Å². The fourth-order valence-electron chi connectivity index (χ4n) is 1.82. The van der Waals surface area contributed by atoms with Gasteiger partial charge in [-0.3, -0.25) is 0 Å². The van der Waals surface area contributed by atoms with Gasteiger partial charge in [0.25, 0.3) is 0 Å². The second-order valence-electron chi connectivity index (χ2n) is 3.96. The van der Waals surface area contributed by atoms with Crippen LogP contribution in [0.1, 0.15) is 22.1 Å². The van der Waals surface area contributed by atoms with Crippen LogP contribution in [0.2, 0.25) is 0 Å². The molecule has 0 bridgehead atoms. The van der Waals surface area contributed by atoms with Crippen LogP contribution in [-0.4, -0.2) is 36.2 Å². The molecule has 1 N–H and O–H groups in total. The maximum Gasteiger partial charge on any atom is 0.338 e. The van der Waals surface area contributed by atoms with E-state index >= 15 is 0 Å². The van der Waals surface area contributed by atoms with Gasteiger partial charge in [-0.05, 0) is 12.1 Å². The van der Waals surface area contributed by atoms with Crippen LogP contribution in [-0.2, 0) is 6.54 Å². The molecular formula is C11H9N5O3. The lowest BCUT2D eigenvalue weighted by Crippen LogP contribution is -2.03. The summed E-state index contributed by atoms with van der Waals surface area (Å²) in [6.45, 7) is 1.97. The summed E-state index contributed by atoms with van der Waals surface area (Å²) in [5.74, 6) is -0.108. The molecule has 0 amide bonds. The van der Waals surface area contributed by atoms with E-state index in [0.29, 0.717) is 22.7 Å². The average molecular weight is 259 g/mol. The Bertz CT molecular complexity index is 761. The van der Waals surface area contributed by atoms with Crippen molar-refractivity contribution in [1.82, 2.24) is 25.1 Å². The summed E-state index contributed by atoms with van der Waals surface area (Å²) < 4.78 is 6.40. The van der Waals surface area contributed by atoms with Crippen molar-refractivity contribution in [2.24, 2.45) is 0 Å². The van der Waals surface area contributed by atoms with Crippen LogP contribution in [0.4, 0.5) is 0 Å². The molecule has 8 nitrogen and oxygen atoms in total. The first-order chi connectivity index (χ1) is 9.15. The van der Waals surface area contributed by atoms with E-state index in [-0.39, 0.29) is 12.1 Å². The van der Waals surface area contributed by atoms with E-state index in [1.54, 1.807) is 19.1 Å². The van der Waals surface area contributed by atoms with Crippen LogP contribution in [0.15, 0.2) is 22.7 Å². The lowest BCUT2D eigenvalue weighted by atomic mass is 10.2. The predicted molar refractivity (Wildman–Crippen MR) is 62.6 cm³/mol. The molecule has 0 fully saturated rings. The Balaban J connectivity index is 2.06. The Morgan fingerprint density at radius 2 is 2.32 bits per heavy atom. The normalized spacial score (nSPS) is 11.0. The summed E-state index contributed by atoms with van der Waals surface area (Å²) in [5, 5.41) is 20.6. The largest absolute Gasteiger partial charge is 0.478 e. The van der Waals surface area contributed by atoms with Gasteiger partial charge in [-0.15, -0.1) is 5.10 Å². The van der Waals surface area contributed by atoms with E-state index in [4.69, 9.17) is 9.63 Å². The zero-order chi connectivity index (χ0) is 13.4. The first-order valence-electron chi connectivity index (χ1n) is 5.50. The molecule has 0 aliphatic carbocycles. The predicted octanol–water partition coefficient (Wildman–Crippen LogP) is 0.869. The minimum absolute atomic E-state index is 0.119. The zero-order valence-corrected chi connectivity index (χ0v) is 9.94. The second kappa shape index (κ2) is 4.16. The van der Waals surface area contributed by atoms with Gasteiger partial charge >= 0.3 is 5.97 Å². The van der Waals surface area contributed by atoms with Gasteiger partial charge in [0.15, 0.2) is 5.82 Å². The summed E-state index contributed by atoms with van der Waals surface area (Å²) in [5.41, 5.74) is 1.07. The molecule has 96 valence electrons. The summed E-state index contributed by atoms with van der Waals surface area (Å²) in [4.78, 5) is 15.1. The minimum atomic E-state index is -1.03. The average Bonchev–Trinajstić information content (AvgIpc) is 2.97. The molecule has 0 aliphatic heterocycles. The number of carbonyl (C=O) groups is 1. The molecule has 0 saturated carbocycles. The van der Waals surface area contributed by atoms with E-state index in [1.807, 2.05) is 0 Å². The van der Waals surface area contributed by atoms with Gasteiger partial charge < -0.3 is 9.63 Å². The Labute approximate surface area is 106 Å². The maximum absolute atomic E-state index is 11.1. The van der Waals surface area contributed by atoms with Crippen molar-refractivity contribution in [1.29, 1.82) is 0 Å². The van der Waals surface area contributed by atoms with Gasteiger partial charge in [0.05, 0.1) is 11.1 Å². The van der Waals surface area contributed by atoms with Gasteiger partial charge in [0, 0.05) is 6.92 Å². The standard InChI is InChI=1S/C11H9N5O3/c1-6-12-9(14-19-6)5-16-8-4-2-3-7(11(17)18)10(8)13-15-16/h2-4H,5H2,1H3,(H,17,18). The molecule has 0 atom stereocenters. The minimum Gasteiger partial charge on any atom is -0.478 e. The number of hydrogen-bond acceptors (Lipinski definition) is 6. The van der Waals surface area contributed by atoms with Crippen molar-refractivity contribution in [3.8, 4) is 0 Å². The van der Waals surface area contributed by atoms with Gasteiger partial charge in [-0.25, -0.2) is 9.48 Å². The van der Waals surface area contributed by atoms with E-state index < -0.39 is 5.97 Å². The van der Waals surface area contributed by atoms with Crippen LogP contribution in [0, 0.1) is 6.92 Å². The fourth-order valence-corrected chi connectivity index (χ4v) is 1.82. The summed E-state index contributed by atoms with van der Waals surface area (Å²) in [6, 6.07) is 4.88. The van der Waals surface area contributed by atoms with Gasteiger partial charge in [0.2, 0.25) is 5.89 Å². The Morgan fingerprint density at radius 1 is 1.47 bits per heavy atom. The Hall–Kier alpha value is -2.77. The van der Waals surface area contributed by atoms with Crippen molar-refractivity contribution in [3.05, 3.63) is 35.5 Å². The smallest absolute Gasteiger partial charge is 0.338 e. The molecule has 19 heavy (non-hydrogen) atoms. The molecule has 0 radical (unpaired) electrons. The molecule has 1 aromatic carbocycles. The first-order valence-corrected chi connectivity index (χ1v) is 5.50. The topological polar surface area (TPSA) is 107 Å². The molecule has 0 saturated heterocycles. The molecule has 3 rings (SSSR count). The van der Waals surface area contributed by atoms with Crippen molar-refractivity contribution in [2.75, 3.05) is 0 Å². The summed E-state index contributed by atoms with van der Waals surface area (Å²) in [6.07, 6.45) is 0. The summed E-state index contributed by atoms with van der Waals surface area (Å²) >= 11 is 0. The highest BCUT2D eigenvalue weighted by molar-refractivity contribution is 6.00. The van der Waals surface area contributed by atoms with Gasteiger partial charge in [0.1, 0.15) is 12.1 Å². The lowest BCUT2D eigenvalue weighted by Gasteiger charge is -1.98. The third kappa shape index (κ3) is 1.92. The number of rotatable bonds is 3. The molecule has 0 aliphatic rings. The van der Waals surface area contributed by atoms with Crippen molar-refractivity contribution in [2.45, 2.75) is 13.5 Å². The number of nitrogens with zero attached hydrogens (tertiary/aromatic N) is 5. The van der Waals surface area contributed by atoms with Crippen LogP contribution in [0.25, 0.3) is 11.0 Å². The molecular weight excluding hydrogens is 250 g/mol. The number of carboxylic acid groups (broad SMARTS) is 1. The van der Waals surface area contributed by atoms with Crippen LogP contribution in [0.3, 0.4) is 0 Å². The van der Waals surface area contributed by atoms with Crippen LogP contribution >= 0.6 is 0 Å². The number of aromatic carboxylic acids is 1. The molecule has 0 spiro atoms.